The highest BCUT2D eigenvalue weighted by Gasteiger charge is 2.22. The maximum Gasteiger partial charge on any atom is 0.321 e. The smallest absolute Gasteiger partial charge is 0.321 e. The molecule has 1 saturated heterocycles. The number of likely N-dealkylation sites (N-methyl/N-ethyl adjacent to an activating group) is 1. The van der Waals surface area contributed by atoms with Crippen LogP contribution in [0.25, 0.3) is 0 Å². The van der Waals surface area contributed by atoms with Gasteiger partial charge in [-0.05, 0) is 37.3 Å². The zero-order valence-electron chi connectivity index (χ0n) is 15.8. The summed E-state index contributed by atoms with van der Waals surface area (Å²) in [4.78, 5) is 36.2. The van der Waals surface area contributed by atoms with Crippen LogP contribution in [-0.2, 0) is 4.79 Å². The van der Waals surface area contributed by atoms with Crippen molar-refractivity contribution < 1.29 is 14.3 Å². The Morgan fingerprint density at radius 2 is 1.75 bits per heavy atom. The molecular formula is C19H24N6O3. The first-order chi connectivity index (χ1) is 13.7. The number of hydrogen-bond acceptors (Lipinski definition) is 6. The molecule has 3 rings (SSSR count). The average molecular weight is 384 g/mol. The number of piperazine rings is 1. The fourth-order valence-electron chi connectivity index (χ4n) is 2.80. The Bertz CT molecular complexity index is 776. The number of urea groups is 1. The van der Waals surface area contributed by atoms with Gasteiger partial charge in [-0.15, -0.1) is 0 Å². The van der Waals surface area contributed by atoms with E-state index < -0.39 is 0 Å². The number of rotatable bonds is 6. The number of nitrogens with zero attached hydrogens (tertiary/aromatic N) is 4. The van der Waals surface area contributed by atoms with Crippen molar-refractivity contribution in [3.05, 3.63) is 42.7 Å². The van der Waals surface area contributed by atoms with Gasteiger partial charge in [0, 0.05) is 50.8 Å². The number of benzene rings is 1. The lowest BCUT2D eigenvalue weighted by Crippen LogP contribution is -2.50. The highest BCUT2D eigenvalue weighted by molar-refractivity contribution is 5.89. The Kier molecular flexibility index (Phi) is 6.61. The summed E-state index contributed by atoms with van der Waals surface area (Å²) in [5.74, 6) is 1.09. The third-order valence-electron chi connectivity index (χ3n) is 4.25. The molecule has 1 aliphatic rings. The predicted octanol–water partition coefficient (Wildman–Crippen LogP) is 1.35. The summed E-state index contributed by atoms with van der Waals surface area (Å²) in [5.41, 5.74) is 0.671. The number of ether oxygens (including phenoxy) is 1. The quantitative estimate of drug-likeness (QED) is 0.780. The van der Waals surface area contributed by atoms with Crippen molar-refractivity contribution >= 4 is 23.6 Å². The first-order valence-corrected chi connectivity index (χ1v) is 9.23. The fraction of sp³-hybridized carbons (Fsp3) is 0.368. The van der Waals surface area contributed by atoms with Crippen LogP contribution < -0.4 is 20.3 Å². The summed E-state index contributed by atoms with van der Waals surface area (Å²) < 4.78 is 5.40. The van der Waals surface area contributed by atoms with Crippen molar-refractivity contribution in [2.45, 2.75) is 6.92 Å². The number of hydrogen-bond donors (Lipinski definition) is 2. The number of nitrogens with one attached hydrogen (secondary N) is 2. The van der Waals surface area contributed by atoms with Gasteiger partial charge in [0.1, 0.15) is 5.75 Å². The second-order valence-corrected chi connectivity index (χ2v) is 6.22. The lowest BCUT2D eigenvalue weighted by molar-refractivity contribution is -0.122. The number of aromatic nitrogens is 2. The third kappa shape index (κ3) is 5.32. The molecule has 0 unspecified atom stereocenters. The first-order valence-electron chi connectivity index (χ1n) is 9.23. The Morgan fingerprint density at radius 1 is 1.07 bits per heavy atom. The standard InChI is InChI=1S/C19H24N6O3/c1-2-20-17(26)14-28-16-6-4-15(5-7-16)23-19(27)25-12-10-24(11-13-25)18-21-8-3-9-22-18/h3-9H,2,10-14H2,1H3,(H,20,26)(H,23,27). The largest absolute Gasteiger partial charge is 0.484 e. The minimum atomic E-state index is -0.167. The van der Waals surface area contributed by atoms with E-state index in [1.807, 2.05) is 6.92 Å². The van der Waals surface area contributed by atoms with E-state index >= 15 is 0 Å². The van der Waals surface area contributed by atoms with E-state index in [0.717, 1.165) is 0 Å². The van der Waals surface area contributed by atoms with Gasteiger partial charge in [-0.1, -0.05) is 0 Å². The fourth-order valence-corrected chi connectivity index (χ4v) is 2.80. The zero-order valence-corrected chi connectivity index (χ0v) is 15.8. The third-order valence-corrected chi connectivity index (χ3v) is 4.25. The molecule has 9 heteroatoms. The topological polar surface area (TPSA) is 99.7 Å². The van der Waals surface area contributed by atoms with E-state index in [2.05, 4.69) is 25.5 Å². The SMILES string of the molecule is CCNC(=O)COc1ccc(NC(=O)N2CCN(c3ncccn3)CC2)cc1. The normalized spacial score (nSPS) is 13.8. The van der Waals surface area contributed by atoms with E-state index in [4.69, 9.17) is 4.74 Å². The Labute approximate surface area is 163 Å². The molecule has 0 radical (unpaired) electrons. The molecular weight excluding hydrogens is 360 g/mol. The first kappa shape index (κ1) is 19.4. The van der Waals surface area contributed by atoms with Gasteiger partial charge in [0.05, 0.1) is 0 Å². The Hall–Kier alpha value is -3.36. The monoisotopic (exact) mass is 384 g/mol. The summed E-state index contributed by atoms with van der Waals surface area (Å²) in [7, 11) is 0. The van der Waals surface area contributed by atoms with Crippen molar-refractivity contribution in [2.75, 3.05) is 49.5 Å². The molecule has 28 heavy (non-hydrogen) atoms. The lowest BCUT2D eigenvalue weighted by atomic mass is 10.3. The maximum absolute atomic E-state index is 12.5. The summed E-state index contributed by atoms with van der Waals surface area (Å²) in [5, 5.41) is 5.55. The van der Waals surface area contributed by atoms with Gasteiger partial charge in [-0.2, -0.15) is 0 Å². The molecule has 1 fully saturated rings. The summed E-state index contributed by atoms with van der Waals surface area (Å²) >= 11 is 0. The predicted molar refractivity (Wildman–Crippen MR) is 105 cm³/mol. The summed E-state index contributed by atoms with van der Waals surface area (Å²) in [6.07, 6.45) is 3.43. The maximum atomic E-state index is 12.5. The van der Waals surface area contributed by atoms with Crippen LogP contribution in [0.5, 0.6) is 5.75 Å². The van der Waals surface area contributed by atoms with E-state index in [9.17, 15) is 9.59 Å². The second kappa shape index (κ2) is 9.54. The second-order valence-electron chi connectivity index (χ2n) is 6.22. The molecule has 2 heterocycles. The van der Waals surface area contributed by atoms with Crippen molar-refractivity contribution in [1.82, 2.24) is 20.2 Å². The van der Waals surface area contributed by atoms with Crippen molar-refractivity contribution in [3.8, 4) is 5.75 Å². The molecule has 0 aliphatic carbocycles. The molecule has 9 nitrogen and oxygen atoms in total. The number of amides is 3. The molecule has 0 bridgehead atoms. The van der Waals surface area contributed by atoms with E-state index in [1.165, 1.54) is 0 Å². The minimum Gasteiger partial charge on any atom is -0.484 e. The van der Waals surface area contributed by atoms with Gasteiger partial charge in [0.2, 0.25) is 5.95 Å². The molecule has 1 aliphatic heterocycles. The number of carbonyl (C=O) groups excluding carboxylic acids is 2. The number of carbonyl (C=O) groups is 2. The Balaban J connectivity index is 1.45. The van der Waals surface area contributed by atoms with Gasteiger partial charge in [-0.3, -0.25) is 4.79 Å². The van der Waals surface area contributed by atoms with Crippen molar-refractivity contribution in [3.63, 3.8) is 0 Å². The van der Waals surface area contributed by atoms with Crippen LogP contribution in [-0.4, -0.2) is 66.1 Å². The van der Waals surface area contributed by atoms with Crippen LogP contribution in [0.4, 0.5) is 16.4 Å². The van der Waals surface area contributed by atoms with E-state index in [0.29, 0.717) is 50.1 Å². The molecule has 1 aromatic carbocycles. The number of anilines is 2. The zero-order chi connectivity index (χ0) is 19.8. The van der Waals surface area contributed by atoms with Crippen molar-refractivity contribution in [1.29, 1.82) is 0 Å². The molecule has 0 spiro atoms. The average Bonchev–Trinajstić information content (AvgIpc) is 2.74. The van der Waals surface area contributed by atoms with Crippen LogP contribution in [0.15, 0.2) is 42.7 Å². The highest BCUT2D eigenvalue weighted by Crippen LogP contribution is 2.17. The van der Waals surface area contributed by atoms with Crippen LogP contribution >= 0.6 is 0 Å². The van der Waals surface area contributed by atoms with Gasteiger partial charge in [0.15, 0.2) is 6.61 Å². The molecule has 2 aromatic rings. The molecule has 1 aromatic heterocycles. The Morgan fingerprint density at radius 3 is 2.39 bits per heavy atom. The van der Waals surface area contributed by atoms with Gasteiger partial charge in [0.25, 0.3) is 5.91 Å². The van der Waals surface area contributed by atoms with Crippen LogP contribution in [0, 0.1) is 0 Å². The van der Waals surface area contributed by atoms with Crippen molar-refractivity contribution in [2.24, 2.45) is 0 Å². The minimum absolute atomic E-state index is 0.0328. The molecule has 2 N–H and O–H groups in total. The van der Waals surface area contributed by atoms with Gasteiger partial charge >= 0.3 is 6.03 Å². The molecule has 0 saturated carbocycles. The summed E-state index contributed by atoms with van der Waals surface area (Å²) in [6, 6.07) is 8.57. The van der Waals surface area contributed by atoms with E-state index in [1.54, 1.807) is 47.6 Å². The van der Waals surface area contributed by atoms with Crippen LogP contribution in [0.2, 0.25) is 0 Å². The summed E-state index contributed by atoms with van der Waals surface area (Å²) in [6.45, 7) is 4.95. The molecule has 148 valence electrons. The van der Waals surface area contributed by atoms with E-state index in [-0.39, 0.29) is 18.5 Å². The van der Waals surface area contributed by atoms with Crippen LogP contribution in [0.1, 0.15) is 6.92 Å². The highest BCUT2D eigenvalue weighted by atomic mass is 16.5. The van der Waals surface area contributed by atoms with Crippen LogP contribution in [0.3, 0.4) is 0 Å². The van der Waals surface area contributed by atoms with Gasteiger partial charge in [-0.25, -0.2) is 14.8 Å². The molecule has 0 atom stereocenters. The lowest BCUT2D eigenvalue weighted by Gasteiger charge is -2.34. The van der Waals surface area contributed by atoms with Gasteiger partial charge < -0.3 is 25.2 Å². The molecule has 3 amide bonds.